The number of hydrogen-bond donors (Lipinski definition) is 1. The lowest BCUT2D eigenvalue weighted by Crippen LogP contribution is -2.48. The van der Waals surface area contributed by atoms with Gasteiger partial charge in [0, 0.05) is 17.6 Å². The maximum Gasteiger partial charge on any atom is 0.313 e. The molecule has 0 spiro atoms. The zero-order chi connectivity index (χ0) is 15.4. The predicted molar refractivity (Wildman–Crippen MR) is 84.7 cm³/mol. The van der Waals surface area contributed by atoms with Crippen molar-refractivity contribution in [2.75, 3.05) is 11.9 Å². The molecule has 1 N–H and O–H groups in total. The topological polar surface area (TPSA) is 49.4 Å². The van der Waals surface area contributed by atoms with Gasteiger partial charge in [0.15, 0.2) is 0 Å². The van der Waals surface area contributed by atoms with Crippen LogP contribution in [0.4, 0.5) is 5.69 Å². The Hall–Kier alpha value is -1.26. The molecular weight excluding hydrogens is 311 g/mol. The highest BCUT2D eigenvalue weighted by molar-refractivity contribution is 6.42. The molecule has 0 saturated carbocycles. The first-order valence-corrected chi connectivity index (χ1v) is 7.85. The van der Waals surface area contributed by atoms with Crippen LogP contribution in [0.2, 0.25) is 10.0 Å². The quantitative estimate of drug-likeness (QED) is 0.841. The molecule has 1 fully saturated rings. The Kier molecular flexibility index (Phi) is 5.48. The molecule has 1 aromatic rings. The molecule has 0 bridgehead atoms. The number of carbonyl (C=O) groups excluding carboxylic acids is 2. The second-order valence-corrected chi connectivity index (χ2v) is 5.98. The summed E-state index contributed by atoms with van der Waals surface area (Å²) in [6, 6.07) is 4.88. The highest BCUT2D eigenvalue weighted by Crippen LogP contribution is 2.26. The van der Waals surface area contributed by atoms with Crippen molar-refractivity contribution in [3.05, 3.63) is 28.2 Å². The van der Waals surface area contributed by atoms with E-state index in [0.717, 1.165) is 25.7 Å². The van der Waals surface area contributed by atoms with Gasteiger partial charge in [0.1, 0.15) is 0 Å². The standard InChI is InChI=1S/C15H18Cl2N2O2/c1-2-11-5-3-4-8-19(11)15(21)14(20)18-13-7-6-10(16)9-12(13)17/h6-7,9,11H,2-5,8H2,1H3,(H,18,20). The second-order valence-electron chi connectivity index (χ2n) is 5.13. The van der Waals surface area contributed by atoms with Crippen LogP contribution in [0.5, 0.6) is 0 Å². The van der Waals surface area contributed by atoms with Crippen molar-refractivity contribution in [2.45, 2.75) is 38.6 Å². The highest BCUT2D eigenvalue weighted by atomic mass is 35.5. The number of likely N-dealkylation sites (tertiary alicyclic amines) is 1. The second kappa shape index (κ2) is 7.14. The summed E-state index contributed by atoms with van der Waals surface area (Å²) < 4.78 is 0. The summed E-state index contributed by atoms with van der Waals surface area (Å²) >= 11 is 11.8. The maximum absolute atomic E-state index is 12.3. The van der Waals surface area contributed by atoms with Gasteiger partial charge >= 0.3 is 11.8 Å². The molecular formula is C15H18Cl2N2O2. The lowest BCUT2D eigenvalue weighted by molar-refractivity contribution is -0.145. The monoisotopic (exact) mass is 328 g/mol. The fourth-order valence-corrected chi connectivity index (χ4v) is 3.05. The molecule has 1 aromatic carbocycles. The van der Waals surface area contributed by atoms with Crippen LogP contribution in [0.15, 0.2) is 18.2 Å². The third-order valence-corrected chi connectivity index (χ3v) is 4.28. The van der Waals surface area contributed by atoms with Crippen LogP contribution in [-0.4, -0.2) is 29.3 Å². The van der Waals surface area contributed by atoms with Gasteiger partial charge in [-0.2, -0.15) is 0 Å². The van der Waals surface area contributed by atoms with Gasteiger partial charge < -0.3 is 10.2 Å². The number of halogens is 2. The molecule has 1 saturated heterocycles. The van der Waals surface area contributed by atoms with E-state index < -0.39 is 11.8 Å². The van der Waals surface area contributed by atoms with Gasteiger partial charge in [-0.1, -0.05) is 30.1 Å². The molecule has 21 heavy (non-hydrogen) atoms. The molecule has 4 nitrogen and oxygen atoms in total. The number of hydrogen-bond acceptors (Lipinski definition) is 2. The Bertz CT molecular complexity index is 548. The zero-order valence-electron chi connectivity index (χ0n) is 11.9. The van der Waals surface area contributed by atoms with Crippen LogP contribution in [0.3, 0.4) is 0 Å². The molecule has 1 unspecified atom stereocenters. The predicted octanol–water partition coefficient (Wildman–Crippen LogP) is 3.72. The van der Waals surface area contributed by atoms with Crippen LogP contribution in [0.1, 0.15) is 32.6 Å². The van der Waals surface area contributed by atoms with E-state index in [-0.39, 0.29) is 6.04 Å². The molecule has 6 heteroatoms. The Morgan fingerprint density at radius 3 is 2.76 bits per heavy atom. The van der Waals surface area contributed by atoms with Gasteiger partial charge in [-0.3, -0.25) is 9.59 Å². The SMILES string of the molecule is CCC1CCCCN1C(=O)C(=O)Nc1ccc(Cl)cc1Cl. The van der Waals surface area contributed by atoms with E-state index in [0.29, 0.717) is 22.3 Å². The fraction of sp³-hybridized carbons (Fsp3) is 0.467. The fourth-order valence-electron chi connectivity index (χ4n) is 2.59. The normalized spacial score (nSPS) is 18.4. The number of nitrogens with one attached hydrogen (secondary N) is 1. The smallest absolute Gasteiger partial charge is 0.313 e. The first-order chi connectivity index (χ1) is 10.0. The summed E-state index contributed by atoms with van der Waals surface area (Å²) in [5.41, 5.74) is 0.393. The van der Waals surface area contributed by atoms with Crippen LogP contribution < -0.4 is 5.32 Å². The Morgan fingerprint density at radius 1 is 1.33 bits per heavy atom. The van der Waals surface area contributed by atoms with Gasteiger partial charge in [0.2, 0.25) is 0 Å². The number of amides is 2. The van der Waals surface area contributed by atoms with Gasteiger partial charge in [0.25, 0.3) is 0 Å². The average molecular weight is 329 g/mol. The molecule has 0 radical (unpaired) electrons. The van der Waals surface area contributed by atoms with Crippen molar-refractivity contribution in [2.24, 2.45) is 0 Å². The number of benzene rings is 1. The minimum Gasteiger partial charge on any atom is -0.331 e. The van der Waals surface area contributed by atoms with Crippen LogP contribution >= 0.6 is 23.2 Å². The first kappa shape index (κ1) is 16.1. The largest absolute Gasteiger partial charge is 0.331 e. The van der Waals surface area contributed by atoms with Crippen molar-refractivity contribution < 1.29 is 9.59 Å². The van der Waals surface area contributed by atoms with Gasteiger partial charge in [-0.15, -0.1) is 0 Å². The molecule has 1 atom stereocenters. The van der Waals surface area contributed by atoms with E-state index in [1.807, 2.05) is 6.92 Å². The molecule has 0 aliphatic carbocycles. The summed E-state index contributed by atoms with van der Waals surface area (Å²) in [5, 5.41) is 3.35. The Balaban J connectivity index is 2.06. The number of rotatable bonds is 2. The number of piperidine rings is 1. The van der Waals surface area contributed by atoms with Crippen LogP contribution in [-0.2, 0) is 9.59 Å². The first-order valence-electron chi connectivity index (χ1n) is 7.10. The molecule has 0 aromatic heterocycles. The Labute approximate surface area is 134 Å². The van der Waals surface area contributed by atoms with E-state index in [4.69, 9.17) is 23.2 Å². The van der Waals surface area contributed by atoms with Crippen LogP contribution in [0.25, 0.3) is 0 Å². The van der Waals surface area contributed by atoms with Crippen LogP contribution in [0, 0.1) is 0 Å². The minimum atomic E-state index is -0.653. The lowest BCUT2D eigenvalue weighted by Gasteiger charge is -2.34. The highest BCUT2D eigenvalue weighted by Gasteiger charge is 2.29. The van der Waals surface area contributed by atoms with Gasteiger partial charge in [-0.05, 0) is 43.9 Å². The zero-order valence-corrected chi connectivity index (χ0v) is 13.4. The van der Waals surface area contributed by atoms with Crippen molar-refractivity contribution in [3.8, 4) is 0 Å². The summed E-state index contributed by atoms with van der Waals surface area (Å²) in [5.74, 6) is -1.15. The third-order valence-electron chi connectivity index (χ3n) is 3.73. The maximum atomic E-state index is 12.3. The van der Waals surface area contributed by atoms with Crippen molar-refractivity contribution in [1.29, 1.82) is 0 Å². The average Bonchev–Trinajstić information content (AvgIpc) is 2.49. The third kappa shape index (κ3) is 3.89. The lowest BCUT2D eigenvalue weighted by atomic mass is 10.00. The van der Waals surface area contributed by atoms with E-state index in [9.17, 15) is 9.59 Å². The summed E-state index contributed by atoms with van der Waals surface area (Å²) in [6.07, 6.45) is 3.86. The molecule has 1 aliphatic heterocycles. The number of anilines is 1. The molecule has 2 rings (SSSR count). The van der Waals surface area contributed by atoms with E-state index >= 15 is 0 Å². The van der Waals surface area contributed by atoms with Gasteiger partial charge in [-0.25, -0.2) is 0 Å². The molecule has 114 valence electrons. The summed E-state index contributed by atoms with van der Waals surface area (Å²) in [7, 11) is 0. The minimum absolute atomic E-state index is 0.151. The van der Waals surface area contributed by atoms with E-state index in [1.165, 1.54) is 6.07 Å². The number of nitrogens with zero attached hydrogens (tertiary/aromatic N) is 1. The molecule has 1 aliphatic rings. The summed E-state index contributed by atoms with van der Waals surface area (Å²) in [6.45, 7) is 2.67. The van der Waals surface area contributed by atoms with E-state index in [2.05, 4.69) is 5.32 Å². The number of carbonyl (C=O) groups is 2. The molecule has 2 amide bonds. The van der Waals surface area contributed by atoms with E-state index in [1.54, 1.807) is 17.0 Å². The molecule has 1 heterocycles. The van der Waals surface area contributed by atoms with Crippen molar-refractivity contribution in [1.82, 2.24) is 4.90 Å². The van der Waals surface area contributed by atoms with Gasteiger partial charge in [0.05, 0.1) is 10.7 Å². The van der Waals surface area contributed by atoms with Crippen molar-refractivity contribution >= 4 is 40.7 Å². The summed E-state index contributed by atoms with van der Waals surface area (Å²) in [4.78, 5) is 26.1. The van der Waals surface area contributed by atoms with Crippen molar-refractivity contribution in [3.63, 3.8) is 0 Å². The Morgan fingerprint density at radius 2 is 2.10 bits per heavy atom.